The van der Waals surface area contributed by atoms with Gasteiger partial charge in [-0.2, -0.15) is 13.2 Å². The number of nitrogens with zero attached hydrogens (tertiary/aromatic N) is 5. The van der Waals surface area contributed by atoms with Crippen LogP contribution in [0.3, 0.4) is 0 Å². The highest BCUT2D eigenvalue weighted by molar-refractivity contribution is 5.92. The Morgan fingerprint density at radius 2 is 1.90 bits per heavy atom. The number of carbonyl (C=O) groups is 1. The summed E-state index contributed by atoms with van der Waals surface area (Å²) in [4.78, 5) is 29.6. The number of aromatic nitrogens is 5. The Hall–Kier alpha value is -4.02. The molecule has 5 rings (SSSR count). The average Bonchev–Trinajstić information content (AvgIpc) is 3.27. The van der Waals surface area contributed by atoms with Crippen LogP contribution in [0, 0.1) is 5.92 Å². The Kier molecular flexibility index (Phi) is 7.73. The molecule has 2 N–H and O–H groups in total. The van der Waals surface area contributed by atoms with Crippen molar-refractivity contribution in [3.8, 4) is 11.5 Å². The Balaban J connectivity index is 1.64. The van der Waals surface area contributed by atoms with E-state index in [0.29, 0.717) is 40.9 Å². The molecule has 0 spiro atoms. The minimum Gasteiger partial charge on any atom is -0.475 e. The van der Waals surface area contributed by atoms with Gasteiger partial charge >= 0.3 is 12.1 Å². The number of nitrogens with one attached hydrogen (secondary N) is 1. The maximum atomic E-state index is 13.2. The van der Waals surface area contributed by atoms with Crippen LogP contribution in [0.25, 0.3) is 22.7 Å². The number of imidazole rings is 1. The molecule has 8 nitrogen and oxygen atoms in total. The fraction of sp³-hybridized carbons (Fsp3) is 0.414. The zero-order chi connectivity index (χ0) is 28.4. The van der Waals surface area contributed by atoms with E-state index in [9.17, 15) is 23.1 Å². The molecule has 40 heavy (non-hydrogen) atoms. The van der Waals surface area contributed by atoms with Gasteiger partial charge in [-0.3, -0.25) is 4.98 Å². The molecule has 0 radical (unpaired) electrons. The summed E-state index contributed by atoms with van der Waals surface area (Å²) in [7, 11) is 0. The van der Waals surface area contributed by atoms with E-state index in [2.05, 4.69) is 34.1 Å². The number of halogens is 3. The first-order valence-corrected chi connectivity index (χ1v) is 13.5. The van der Waals surface area contributed by atoms with E-state index in [0.717, 1.165) is 30.5 Å². The number of hydrogen-bond acceptors (Lipinski definition) is 6. The number of anilines is 1. The van der Waals surface area contributed by atoms with Crippen LogP contribution in [-0.2, 0) is 12.7 Å². The zero-order valence-electron chi connectivity index (χ0n) is 22.4. The van der Waals surface area contributed by atoms with Gasteiger partial charge in [-0.15, -0.1) is 0 Å². The molecule has 1 aromatic carbocycles. The third-order valence-corrected chi connectivity index (χ3v) is 7.68. The molecular weight excluding hydrogens is 521 g/mol. The average molecular weight is 553 g/mol. The number of hydrogen-bond donors (Lipinski definition) is 2. The summed E-state index contributed by atoms with van der Waals surface area (Å²) in [5, 5.41) is 13.0. The lowest BCUT2D eigenvalue weighted by atomic mass is 9.83. The van der Waals surface area contributed by atoms with Crippen molar-refractivity contribution in [2.45, 2.75) is 64.6 Å². The van der Waals surface area contributed by atoms with Gasteiger partial charge in [-0.05, 0) is 60.1 Å². The SMILES string of the molecule is CC[C@@H](C)c1ccnc(-c2nc3nc(C(=O)O)nc(NCCC4CCC4)c3n2Cc2ccc(C(F)(F)F)cc2)c1. The molecule has 210 valence electrons. The van der Waals surface area contributed by atoms with Gasteiger partial charge in [0.15, 0.2) is 17.3 Å². The molecule has 1 aliphatic carbocycles. The van der Waals surface area contributed by atoms with Crippen molar-refractivity contribution in [2.24, 2.45) is 5.92 Å². The number of pyridine rings is 1. The molecule has 11 heteroatoms. The van der Waals surface area contributed by atoms with Crippen molar-refractivity contribution in [3.05, 3.63) is 65.1 Å². The third-order valence-electron chi connectivity index (χ3n) is 7.68. The molecule has 4 aromatic rings. The fourth-order valence-corrected chi connectivity index (χ4v) is 4.87. The van der Waals surface area contributed by atoms with Crippen LogP contribution < -0.4 is 5.32 Å². The highest BCUT2D eigenvalue weighted by atomic mass is 19.4. The second-order valence-electron chi connectivity index (χ2n) is 10.4. The fourth-order valence-electron chi connectivity index (χ4n) is 4.87. The summed E-state index contributed by atoms with van der Waals surface area (Å²) in [6, 6.07) is 8.83. The quantitative estimate of drug-likeness (QED) is 0.224. The van der Waals surface area contributed by atoms with Crippen molar-refractivity contribution in [1.29, 1.82) is 0 Å². The third kappa shape index (κ3) is 5.78. The standard InChI is InChI=1S/C29H31F3N6O2/c1-3-17(2)20-12-14-33-22(15-20)27-37-25-23(38(27)16-19-7-9-21(10-8-19)29(30,31)32)24(35-26(36-25)28(39)40)34-13-11-18-5-4-6-18/h7-10,12,14-15,17-18H,3-6,11,13,16H2,1-2H3,(H,39,40)(H,34,35,36)/t17-/m1/s1. The predicted molar refractivity (Wildman–Crippen MR) is 145 cm³/mol. The molecule has 1 atom stereocenters. The van der Waals surface area contributed by atoms with Crippen molar-refractivity contribution < 1.29 is 23.1 Å². The van der Waals surface area contributed by atoms with E-state index in [1.54, 1.807) is 10.8 Å². The van der Waals surface area contributed by atoms with Gasteiger partial charge in [0.25, 0.3) is 0 Å². The lowest BCUT2D eigenvalue weighted by molar-refractivity contribution is -0.137. The Bertz CT molecular complexity index is 1510. The Labute approximate surface area is 229 Å². The van der Waals surface area contributed by atoms with Crippen LogP contribution >= 0.6 is 0 Å². The molecule has 3 heterocycles. The predicted octanol–water partition coefficient (Wildman–Crippen LogP) is 6.77. The minimum absolute atomic E-state index is 0.159. The smallest absolute Gasteiger partial charge is 0.416 e. The second-order valence-corrected chi connectivity index (χ2v) is 10.4. The minimum atomic E-state index is -4.44. The van der Waals surface area contributed by atoms with Gasteiger partial charge < -0.3 is 15.0 Å². The summed E-state index contributed by atoms with van der Waals surface area (Å²) in [6.07, 6.45) is 2.68. The number of rotatable bonds is 10. The van der Waals surface area contributed by atoms with Gasteiger partial charge in [-0.25, -0.2) is 19.7 Å². The largest absolute Gasteiger partial charge is 0.475 e. The summed E-state index contributed by atoms with van der Waals surface area (Å²) >= 11 is 0. The van der Waals surface area contributed by atoms with Gasteiger partial charge in [0.1, 0.15) is 11.2 Å². The van der Waals surface area contributed by atoms with E-state index < -0.39 is 17.7 Å². The maximum Gasteiger partial charge on any atom is 0.416 e. The van der Waals surface area contributed by atoms with Crippen molar-refractivity contribution >= 4 is 23.0 Å². The first-order chi connectivity index (χ1) is 19.1. The number of aromatic carboxylic acids is 1. The number of fused-ring (bicyclic) bond motifs is 1. The molecule has 0 saturated heterocycles. The lowest BCUT2D eigenvalue weighted by Crippen LogP contribution is -2.17. The summed E-state index contributed by atoms with van der Waals surface area (Å²) < 4.78 is 41.4. The molecule has 1 fully saturated rings. The molecule has 1 saturated carbocycles. The van der Waals surface area contributed by atoms with E-state index in [4.69, 9.17) is 4.98 Å². The number of carboxylic acids is 1. The van der Waals surface area contributed by atoms with Gasteiger partial charge in [0, 0.05) is 19.3 Å². The number of alkyl halides is 3. The highest BCUT2D eigenvalue weighted by Gasteiger charge is 2.30. The molecule has 1 aliphatic rings. The van der Waals surface area contributed by atoms with E-state index in [1.165, 1.54) is 31.4 Å². The Morgan fingerprint density at radius 3 is 2.52 bits per heavy atom. The van der Waals surface area contributed by atoms with Crippen LogP contribution in [0.5, 0.6) is 0 Å². The van der Waals surface area contributed by atoms with Gasteiger partial charge in [0.05, 0.1) is 5.56 Å². The highest BCUT2D eigenvalue weighted by Crippen LogP contribution is 2.33. The zero-order valence-corrected chi connectivity index (χ0v) is 22.4. The summed E-state index contributed by atoms with van der Waals surface area (Å²) in [5.41, 5.74) is 2.15. The van der Waals surface area contributed by atoms with Gasteiger partial charge in [0.2, 0.25) is 5.82 Å². The van der Waals surface area contributed by atoms with Crippen LogP contribution in [0.1, 0.15) is 79.2 Å². The van der Waals surface area contributed by atoms with E-state index in [-0.39, 0.29) is 23.9 Å². The first-order valence-electron chi connectivity index (χ1n) is 13.5. The van der Waals surface area contributed by atoms with Crippen LogP contribution in [0.15, 0.2) is 42.6 Å². The first kappa shape index (κ1) is 27.5. The van der Waals surface area contributed by atoms with Crippen molar-refractivity contribution in [1.82, 2.24) is 24.5 Å². The van der Waals surface area contributed by atoms with E-state index in [1.807, 2.05) is 12.1 Å². The molecule has 0 bridgehead atoms. The number of benzene rings is 1. The normalized spacial score (nSPS) is 14.7. The molecule has 0 unspecified atom stereocenters. The molecular formula is C29H31F3N6O2. The lowest BCUT2D eigenvalue weighted by Gasteiger charge is -2.25. The second kappa shape index (κ2) is 11.2. The molecule has 0 aliphatic heterocycles. The monoisotopic (exact) mass is 552 g/mol. The van der Waals surface area contributed by atoms with Crippen molar-refractivity contribution in [2.75, 3.05) is 11.9 Å². The molecule has 3 aromatic heterocycles. The van der Waals surface area contributed by atoms with Crippen LogP contribution in [0.4, 0.5) is 19.0 Å². The number of carboxylic acid groups (broad SMARTS) is 1. The van der Waals surface area contributed by atoms with Crippen LogP contribution in [0.2, 0.25) is 0 Å². The van der Waals surface area contributed by atoms with Crippen LogP contribution in [-0.4, -0.2) is 42.1 Å². The summed E-state index contributed by atoms with van der Waals surface area (Å²) in [6.45, 7) is 4.96. The van der Waals surface area contributed by atoms with E-state index >= 15 is 0 Å². The Morgan fingerprint density at radius 1 is 1.15 bits per heavy atom. The topological polar surface area (TPSA) is 106 Å². The van der Waals surface area contributed by atoms with Gasteiger partial charge in [-0.1, -0.05) is 45.2 Å². The molecule has 0 amide bonds. The summed E-state index contributed by atoms with van der Waals surface area (Å²) in [5.74, 6) is -0.00437. The maximum absolute atomic E-state index is 13.2. The van der Waals surface area contributed by atoms with Crippen molar-refractivity contribution in [3.63, 3.8) is 0 Å².